The first kappa shape index (κ1) is 14.7. The van der Waals surface area contributed by atoms with Crippen LogP contribution in [-0.4, -0.2) is 23.7 Å². The van der Waals surface area contributed by atoms with E-state index >= 15 is 0 Å². The van der Waals surface area contributed by atoms with Gasteiger partial charge in [0.25, 0.3) is 0 Å². The van der Waals surface area contributed by atoms with Crippen LogP contribution in [0.4, 0.5) is 0 Å². The molecule has 5 nitrogen and oxygen atoms in total. The van der Waals surface area contributed by atoms with Crippen LogP contribution in [0.5, 0.6) is 0 Å². The third-order valence-corrected chi connectivity index (χ3v) is 3.60. The zero-order valence-corrected chi connectivity index (χ0v) is 13.1. The highest BCUT2D eigenvalue weighted by atomic mass is 79.9. The highest BCUT2D eigenvalue weighted by Gasteiger charge is 2.20. The number of nitrogens with zero attached hydrogens (tertiary/aromatic N) is 1. The smallest absolute Gasteiger partial charge is 0.338 e. The van der Waals surface area contributed by atoms with Crippen molar-refractivity contribution in [2.45, 2.75) is 6.10 Å². The maximum atomic E-state index is 11.9. The first-order valence-electron chi connectivity index (χ1n) is 6.70. The second kappa shape index (κ2) is 6.72. The largest absolute Gasteiger partial charge is 0.459 e. The molecule has 0 amide bonds. The van der Waals surface area contributed by atoms with Crippen LogP contribution in [0.2, 0.25) is 0 Å². The number of halogens is 1. The predicted molar refractivity (Wildman–Crippen MR) is 84.6 cm³/mol. The summed E-state index contributed by atoms with van der Waals surface area (Å²) in [4.78, 5) is 21.5. The number of nitrogens with one attached hydrogen (secondary N) is 1. The minimum Gasteiger partial charge on any atom is -0.459 e. The van der Waals surface area contributed by atoms with Gasteiger partial charge in [0.2, 0.25) is 0 Å². The average Bonchev–Trinajstić information content (AvgIpc) is 3.03. The van der Waals surface area contributed by atoms with Gasteiger partial charge >= 0.3 is 5.97 Å². The van der Waals surface area contributed by atoms with Gasteiger partial charge in [-0.05, 0) is 42.5 Å². The molecular weight excluding hydrogens is 348 g/mol. The van der Waals surface area contributed by atoms with E-state index in [9.17, 15) is 4.79 Å². The summed E-state index contributed by atoms with van der Waals surface area (Å²) in [6, 6.07) is 12.6. The van der Waals surface area contributed by atoms with Gasteiger partial charge in [0.15, 0.2) is 0 Å². The van der Waals surface area contributed by atoms with Crippen LogP contribution < -0.4 is 5.48 Å². The number of carbonyl (C=O) groups excluding carboxylic acids is 1. The molecule has 112 valence electrons. The van der Waals surface area contributed by atoms with E-state index < -0.39 is 0 Å². The fourth-order valence-electron chi connectivity index (χ4n) is 1.96. The monoisotopic (exact) mass is 360 g/mol. The number of carbonyl (C=O) groups is 1. The maximum absolute atomic E-state index is 11.9. The molecule has 0 fully saturated rings. The molecule has 22 heavy (non-hydrogen) atoms. The van der Waals surface area contributed by atoms with Gasteiger partial charge in [-0.1, -0.05) is 22.0 Å². The predicted octanol–water partition coefficient (Wildman–Crippen LogP) is 2.95. The van der Waals surface area contributed by atoms with E-state index in [1.165, 1.54) is 0 Å². The number of esters is 1. The van der Waals surface area contributed by atoms with Crippen molar-refractivity contribution in [2.24, 2.45) is 0 Å². The number of hydrogen-bond donors (Lipinski definition) is 1. The van der Waals surface area contributed by atoms with E-state index in [0.29, 0.717) is 5.56 Å². The lowest BCUT2D eigenvalue weighted by Gasteiger charge is -2.08. The lowest BCUT2D eigenvalue weighted by molar-refractivity contribution is -0.00358. The van der Waals surface area contributed by atoms with E-state index in [1.54, 1.807) is 30.5 Å². The Morgan fingerprint density at radius 2 is 2.09 bits per heavy atom. The highest BCUT2D eigenvalue weighted by Crippen LogP contribution is 2.17. The molecule has 0 bridgehead atoms. The number of hydroxylamine groups is 1. The zero-order valence-electron chi connectivity index (χ0n) is 11.5. The number of pyridine rings is 1. The normalized spacial score (nSPS) is 16.8. The minimum absolute atomic E-state index is 0.137. The summed E-state index contributed by atoms with van der Waals surface area (Å²) in [6.07, 6.45) is 3.21. The van der Waals surface area contributed by atoms with Gasteiger partial charge < -0.3 is 4.74 Å². The van der Waals surface area contributed by atoms with Gasteiger partial charge in [0.1, 0.15) is 12.7 Å². The van der Waals surface area contributed by atoms with Crippen LogP contribution in [0.25, 0.3) is 5.70 Å². The molecule has 1 aromatic heterocycles. The van der Waals surface area contributed by atoms with Crippen molar-refractivity contribution >= 4 is 27.6 Å². The van der Waals surface area contributed by atoms with Crippen molar-refractivity contribution in [1.29, 1.82) is 0 Å². The van der Waals surface area contributed by atoms with Crippen LogP contribution in [0.3, 0.4) is 0 Å². The molecule has 0 saturated heterocycles. The fourth-order valence-corrected chi connectivity index (χ4v) is 2.23. The van der Waals surface area contributed by atoms with Gasteiger partial charge in [-0.3, -0.25) is 15.3 Å². The number of ether oxygens (including phenoxy) is 1. The van der Waals surface area contributed by atoms with Crippen LogP contribution >= 0.6 is 15.9 Å². The molecule has 2 heterocycles. The van der Waals surface area contributed by atoms with Crippen molar-refractivity contribution in [3.05, 3.63) is 70.5 Å². The Bertz CT molecular complexity index is 686. The molecule has 6 heteroatoms. The first-order valence-corrected chi connectivity index (χ1v) is 7.49. The second-order valence-corrected chi connectivity index (χ2v) is 5.57. The molecule has 1 atom stereocenters. The van der Waals surface area contributed by atoms with Gasteiger partial charge in [-0.15, -0.1) is 0 Å². The standard InChI is InChI=1S/C16H13BrN2O3/c17-12-6-4-11(5-7-12)16(20)21-10-13-9-15(19-22-13)14-3-1-2-8-18-14/h1-9,13,19H,10H2/t13-/m1/s1. The zero-order chi connectivity index (χ0) is 15.4. The summed E-state index contributed by atoms with van der Waals surface area (Å²) in [5.74, 6) is -0.379. The summed E-state index contributed by atoms with van der Waals surface area (Å²) in [6.45, 7) is 0.137. The minimum atomic E-state index is -0.379. The summed E-state index contributed by atoms with van der Waals surface area (Å²) in [7, 11) is 0. The van der Waals surface area contributed by atoms with Gasteiger partial charge in [-0.2, -0.15) is 0 Å². The lowest BCUT2D eigenvalue weighted by atomic mass is 10.2. The van der Waals surface area contributed by atoms with E-state index in [0.717, 1.165) is 15.9 Å². The van der Waals surface area contributed by atoms with Crippen molar-refractivity contribution in [3.63, 3.8) is 0 Å². The number of benzene rings is 1. The topological polar surface area (TPSA) is 60.5 Å². The molecule has 2 aromatic rings. The molecule has 0 aliphatic carbocycles. The molecule has 0 radical (unpaired) electrons. The average molecular weight is 361 g/mol. The molecule has 3 rings (SSSR count). The molecule has 1 aliphatic rings. The molecular formula is C16H13BrN2O3. The molecule has 0 unspecified atom stereocenters. The third kappa shape index (κ3) is 3.52. The van der Waals surface area contributed by atoms with E-state index in [2.05, 4.69) is 26.4 Å². The second-order valence-electron chi connectivity index (χ2n) is 4.66. The van der Waals surface area contributed by atoms with Crippen LogP contribution in [-0.2, 0) is 9.57 Å². The van der Waals surface area contributed by atoms with Crippen molar-refractivity contribution < 1.29 is 14.4 Å². The Labute approximate surface area is 136 Å². The van der Waals surface area contributed by atoms with E-state index in [1.807, 2.05) is 24.3 Å². The van der Waals surface area contributed by atoms with Gasteiger partial charge in [0.05, 0.1) is 17.0 Å². The number of hydrogen-bond acceptors (Lipinski definition) is 5. The van der Waals surface area contributed by atoms with Crippen molar-refractivity contribution in [2.75, 3.05) is 6.61 Å². The van der Waals surface area contributed by atoms with Crippen LogP contribution in [0, 0.1) is 0 Å². The Morgan fingerprint density at radius 1 is 1.27 bits per heavy atom. The summed E-state index contributed by atoms with van der Waals surface area (Å²) < 4.78 is 6.16. The Kier molecular flexibility index (Phi) is 4.50. The summed E-state index contributed by atoms with van der Waals surface area (Å²) in [5.41, 5.74) is 4.85. The van der Waals surface area contributed by atoms with E-state index in [4.69, 9.17) is 9.57 Å². The molecule has 1 N–H and O–H groups in total. The SMILES string of the molecule is O=C(OC[C@H]1C=C(c2ccccn2)NO1)c1ccc(Br)cc1. The fraction of sp³-hybridized carbons (Fsp3) is 0.125. The van der Waals surface area contributed by atoms with Gasteiger partial charge in [0, 0.05) is 10.7 Å². The Hall–Kier alpha value is -2.18. The maximum Gasteiger partial charge on any atom is 0.338 e. The number of aromatic nitrogens is 1. The highest BCUT2D eigenvalue weighted by molar-refractivity contribution is 9.10. The first-order chi connectivity index (χ1) is 10.7. The lowest BCUT2D eigenvalue weighted by Crippen LogP contribution is -2.20. The summed E-state index contributed by atoms with van der Waals surface area (Å²) in [5, 5.41) is 0. The molecule has 0 saturated carbocycles. The molecule has 0 spiro atoms. The number of rotatable bonds is 4. The third-order valence-electron chi connectivity index (χ3n) is 3.07. The quantitative estimate of drug-likeness (QED) is 0.849. The van der Waals surface area contributed by atoms with Crippen LogP contribution in [0.1, 0.15) is 16.1 Å². The van der Waals surface area contributed by atoms with E-state index in [-0.39, 0.29) is 18.7 Å². The summed E-state index contributed by atoms with van der Waals surface area (Å²) >= 11 is 3.32. The Balaban J connectivity index is 1.57. The van der Waals surface area contributed by atoms with Crippen LogP contribution in [0.15, 0.2) is 59.2 Å². The Morgan fingerprint density at radius 3 is 2.82 bits per heavy atom. The van der Waals surface area contributed by atoms with Crippen molar-refractivity contribution in [3.8, 4) is 0 Å². The molecule has 1 aromatic carbocycles. The van der Waals surface area contributed by atoms with Gasteiger partial charge in [-0.25, -0.2) is 4.79 Å². The molecule has 1 aliphatic heterocycles. The van der Waals surface area contributed by atoms with Crippen molar-refractivity contribution in [1.82, 2.24) is 10.5 Å².